The third kappa shape index (κ3) is 4.53. The van der Waals surface area contributed by atoms with Crippen LogP contribution in [0.25, 0.3) is 0 Å². The van der Waals surface area contributed by atoms with Crippen LogP contribution in [0.4, 0.5) is 5.13 Å². The van der Waals surface area contributed by atoms with Crippen LogP contribution < -0.4 is 5.32 Å². The molecule has 0 aliphatic rings. The molecule has 5 heteroatoms. The predicted molar refractivity (Wildman–Crippen MR) is 79.1 cm³/mol. The Balaban J connectivity index is 2.70. The van der Waals surface area contributed by atoms with Crippen molar-refractivity contribution in [3.8, 4) is 0 Å². The fourth-order valence-electron chi connectivity index (χ4n) is 2.21. The molecule has 0 amide bonds. The molecule has 0 aromatic carbocycles. The Bertz CT molecular complexity index is 333. The van der Waals surface area contributed by atoms with E-state index in [0.717, 1.165) is 23.2 Å². The van der Waals surface area contributed by atoms with Crippen molar-refractivity contribution >= 4 is 16.5 Å². The number of hydrogen-bond donors (Lipinski definition) is 1. The average molecular weight is 270 g/mol. The first-order chi connectivity index (χ1) is 8.60. The van der Waals surface area contributed by atoms with Crippen LogP contribution in [-0.2, 0) is 6.54 Å². The monoisotopic (exact) mass is 270 g/mol. The topological polar surface area (TPSA) is 41.1 Å². The zero-order valence-corrected chi connectivity index (χ0v) is 13.0. The van der Waals surface area contributed by atoms with Crippen LogP contribution in [0.3, 0.4) is 0 Å². The molecule has 1 rings (SSSR count). The molecule has 104 valence electrons. The van der Waals surface area contributed by atoms with Gasteiger partial charge in [-0.2, -0.15) is 0 Å². The summed E-state index contributed by atoms with van der Waals surface area (Å²) in [6.07, 6.45) is 2.39. The predicted octanol–water partition coefficient (Wildman–Crippen LogP) is 3.23. The van der Waals surface area contributed by atoms with Gasteiger partial charge in [-0.05, 0) is 18.8 Å². The first-order valence-corrected chi connectivity index (χ1v) is 7.66. The zero-order valence-electron chi connectivity index (χ0n) is 12.2. The number of rotatable bonds is 8. The summed E-state index contributed by atoms with van der Waals surface area (Å²) in [6.45, 7) is 11.1. The summed E-state index contributed by atoms with van der Waals surface area (Å²) in [5.41, 5.74) is 0. The Kier molecular flexibility index (Phi) is 6.57. The molecule has 0 unspecified atom stereocenters. The first kappa shape index (κ1) is 15.4. The number of aromatic nitrogens is 2. The second kappa shape index (κ2) is 7.69. The van der Waals surface area contributed by atoms with Crippen LogP contribution in [-0.4, -0.2) is 34.7 Å². The van der Waals surface area contributed by atoms with Gasteiger partial charge in [0.2, 0.25) is 5.13 Å². The fourth-order valence-corrected chi connectivity index (χ4v) is 2.93. The van der Waals surface area contributed by atoms with Gasteiger partial charge in [0.15, 0.2) is 0 Å². The molecule has 0 atom stereocenters. The van der Waals surface area contributed by atoms with Gasteiger partial charge in [-0.1, -0.05) is 39.0 Å². The largest absolute Gasteiger partial charge is 0.363 e. The van der Waals surface area contributed by atoms with Gasteiger partial charge in [-0.25, -0.2) is 0 Å². The van der Waals surface area contributed by atoms with Crippen LogP contribution in [0.2, 0.25) is 0 Å². The Hall–Kier alpha value is -0.680. The summed E-state index contributed by atoms with van der Waals surface area (Å²) in [5, 5.41) is 13.4. The maximum atomic E-state index is 4.25. The molecule has 4 nitrogen and oxygen atoms in total. The highest BCUT2D eigenvalue weighted by Crippen LogP contribution is 2.20. The van der Waals surface area contributed by atoms with E-state index in [0.29, 0.717) is 12.0 Å². The molecule has 0 aliphatic heterocycles. The fraction of sp³-hybridized carbons (Fsp3) is 0.846. The summed E-state index contributed by atoms with van der Waals surface area (Å²) in [7, 11) is 1.89. The summed E-state index contributed by atoms with van der Waals surface area (Å²) in [5.74, 6) is 0.683. The van der Waals surface area contributed by atoms with Gasteiger partial charge in [0.25, 0.3) is 0 Å². The lowest BCUT2D eigenvalue weighted by molar-refractivity contribution is 0.157. The zero-order chi connectivity index (χ0) is 13.5. The lowest BCUT2D eigenvalue weighted by Crippen LogP contribution is -2.36. The van der Waals surface area contributed by atoms with Crippen molar-refractivity contribution in [2.75, 3.05) is 18.9 Å². The third-order valence-corrected chi connectivity index (χ3v) is 4.00. The van der Waals surface area contributed by atoms with Crippen LogP contribution in [0.15, 0.2) is 0 Å². The van der Waals surface area contributed by atoms with Gasteiger partial charge >= 0.3 is 0 Å². The minimum absolute atomic E-state index is 0.648. The van der Waals surface area contributed by atoms with Crippen molar-refractivity contribution in [1.82, 2.24) is 15.1 Å². The molecular weight excluding hydrogens is 244 g/mol. The standard InChI is InChI=1S/C13H26N4S/c1-6-11(7-2)17(8-10(3)4)9-12-15-16-13(14-5)18-12/h10-11H,6-9H2,1-5H3,(H,14,16). The highest BCUT2D eigenvalue weighted by molar-refractivity contribution is 7.15. The smallest absolute Gasteiger partial charge is 0.205 e. The quantitative estimate of drug-likeness (QED) is 0.787. The minimum atomic E-state index is 0.648. The Morgan fingerprint density at radius 1 is 1.22 bits per heavy atom. The highest BCUT2D eigenvalue weighted by atomic mass is 32.1. The number of anilines is 1. The molecule has 0 aliphatic carbocycles. The van der Waals surface area contributed by atoms with E-state index in [9.17, 15) is 0 Å². The normalized spacial score (nSPS) is 11.8. The lowest BCUT2D eigenvalue weighted by Gasteiger charge is -2.30. The Labute approximate surface area is 115 Å². The number of nitrogens with one attached hydrogen (secondary N) is 1. The average Bonchev–Trinajstić information content (AvgIpc) is 2.77. The summed E-state index contributed by atoms with van der Waals surface area (Å²) >= 11 is 1.65. The van der Waals surface area contributed by atoms with Crippen molar-refractivity contribution in [2.24, 2.45) is 5.92 Å². The van der Waals surface area contributed by atoms with Gasteiger partial charge < -0.3 is 5.32 Å². The van der Waals surface area contributed by atoms with Crippen molar-refractivity contribution in [3.05, 3.63) is 5.01 Å². The van der Waals surface area contributed by atoms with Gasteiger partial charge in [0.05, 0.1) is 6.54 Å². The van der Waals surface area contributed by atoms with E-state index in [1.165, 1.54) is 12.8 Å². The molecule has 1 heterocycles. The van der Waals surface area contributed by atoms with Gasteiger partial charge in [0, 0.05) is 19.6 Å². The Morgan fingerprint density at radius 3 is 2.33 bits per heavy atom. The molecule has 18 heavy (non-hydrogen) atoms. The second-order valence-corrected chi connectivity index (χ2v) is 6.11. The second-order valence-electron chi connectivity index (χ2n) is 5.04. The van der Waals surface area contributed by atoms with E-state index < -0.39 is 0 Å². The molecule has 0 spiro atoms. The maximum Gasteiger partial charge on any atom is 0.205 e. The van der Waals surface area contributed by atoms with Crippen LogP contribution in [0, 0.1) is 5.92 Å². The molecule has 1 N–H and O–H groups in total. The first-order valence-electron chi connectivity index (χ1n) is 6.84. The Morgan fingerprint density at radius 2 is 1.89 bits per heavy atom. The van der Waals surface area contributed by atoms with Crippen molar-refractivity contribution < 1.29 is 0 Å². The molecule has 0 radical (unpaired) electrons. The van der Waals surface area contributed by atoms with Crippen LogP contribution in [0.1, 0.15) is 45.5 Å². The third-order valence-electron chi connectivity index (χ3n) is 3.08. The SMILES string of the molecule is CCC(CC)N(Cc1nnc(NC)s1)CC(C)C. The van der Waals surface area contributed by atoms with E-state index in [4.69, 9.17) is 0 Å². The van der Waals surface area contributed by atoms with Crippen molar-refractivity contribution in [1.29, 1.82) is 0 Å². The number of nitrogens with zero attached hydrogens (tertiary/aromatic N) is 3. The van der Waals surface area contributed by atoms with E-state index in [1.54, 1.807) is 11.3 Å². The molecule has 0 fully saturated rings. The van der Waals surface area contributed by atoms with Gasteiger partial charge in [-0.15, -0.1) is 10.2 Å². The number of hydrogen-bond acceptors (Lipinski definition) is 5. The van der Waals surface area contributed by atoms with E-state index in [2.05, 4.69) is 48.1 Å². The molecule has 1 aromatic heterocycles. The molecular formula is C13H26N4S. The summed E-state index contributed by atoms with van der Waals surface area (Å²) in [6, 6.07) is 0.648. The molecule has 0 bridgehead atoms. The summed E-state index contributed by atoms with van der Waals surface area (Å²) in [4.78, 5) is 2.55. The minimum Gasteiger partial charge on any atom is -0.363 e. The van der Waals surface area contributed by atoms with Gasteiger partial charge in [-0.3, -0.25) is 4.90 Å². The van der Waals surface area contributed by atoms with E-state index in [1.807, 2.05) is 7.05 Å². The molecule has 1 aromatic rings. The van der Waals surface area contributed by atoms with Crippen LogP contribution in [0.5, 0.6) is 0 Å². The summed E-state index contributed by atoms with van der Waals surface area (Å²) < 4.78 is 0. The van der Waals surface area contributed by atoms with E-state index in [-0.39, 0.29) is 0 Å². The molecule has 0 saturated heterocycles. The highest BCUT2D eigenvalue weighted by Gasteiger charge is 2.18. The molecule has 0 saturated carbocycles. The maximum absolute atomic E-state index is 4.25. The van der Waals surface area contributed by atoms with Crippen LogP contribution >= 0.6 is 11.3 Å². The van der Waals surface area contributed by atoms with E-state index >= 15 is 0 Å². The van der Waals surface area contributed by atoms with Gasteiger partial charge in [0.1, 0.15) is 5.01 Å². The van der Waals surface area contributed by atoms with Crippen molar-refractivity contribution in [3.63, 3.8) is 0 Å². The van der Waals surface area contributed by atoms with Crippen molar-refractivity contribution in [2.45, 2.75) is 53.1 Å². The lowest BCUT2D eigenvalue weighted by atomic mass is 10.1.